The highest BCUT2D eigenvalue weighted by atomic mass is 32.2. The van der Waals surface area contributed by atoms with E-state index < -0.39 is 52.3 Å². The van der Waals surface area contributed by atoms with Crippen LogP contribution in [0.3, 0.4) is 0 Å². The summed E-state index contributed by atoms with van der Waals surface area (Å²) in [6.45, 7) is 3.10. The van der Waals surface area contributed by atoms with Crippen LogP contribution in [-0.2, 0) is 25.6 Å². The number of amides is 2. The van der Waals surface area contributed by atoms with Crippen LogP contribution in [0.2, 0.25) is 0 Å². The molecule has 1 saturated heterocycles. The molecule has 0 aromatic carbocycles. The smallest absolute Gasteiger partial charge is 0.352 e. The Labute approximate surface area is 136 Å². The van der Waals surface area contributed by atoms with Gasteiger partial charge in [-0.25, -0.2) is 4.79 Å². The topological polar surface area (TPSA) is 144 Å². The number of carbonyl (C=O) groups excluding carboxylic acids is 2. The summed E-state index contributed by atoms with van der Waals surface area (Å²) in [5.41, 5.74) is 5.35. The number of β-lactam (4-membered cyclic amide) rings is 1. The fourth-order valence-corrected chi connectivity index (χ4v) is 4.41. The number of hydrogen-bond acceptors (Lipinski definition) is 5. The van der Waals surface area contributed by atoms with E-state index in [1.165, 1.54) is 11.8 Å². The van der Waals surface area contributed by atoms with Gasteiger partial charge in [-0.1, -0.05) is 0 Å². The number of rotatable bonds is 7. The van der Waals surface area contributed by atoms with E-state index >= 15 is 0 Å². The number of aliphatic hydroxyl groups is 1. The highest BCUT2D eigenvalue weighted by Crippen LogP contribution is 2.44. The molecule has 128 valence electrons. The summed E-state index contributed by atoms with van der Waals surface area (Å²) >= 11 is -1.47. The molecule has 0 spiro atoms. The van der Waals surface area contributed by atoms with E-state index in [2.05, 4.69) is 0 Å². The molecule has 23 heavy (non-hydrogen) atoms. The summed E-state index contributed by atoms with van der Waals surface area (Å²) in [5, 5.41) is 18.5. The third-order valence-corrected chi connectivity index (χ3v) is 5.97. The van der Waals surface area contributed by atoms with Gasteiger partial charge in [0.2, 0.25) is 11.8 Å². The minimum Gasteiger partial charge on any atom is -0.616 e. The minimum atomic E-state index is -1.47. The fraction of sp³-hybridized carbons (Fsp3) is 0.643. The molecule has 0 aromatic heterocycles. The predicted octanol–water partition coefficient (Wildman–Crippen LogP) is -1.05. The van der Waals surface area contributed by atoms with Crippen molar-refractivity contribution >= 4 is 29.0 Å². The molecule has 2 heterocycles. The van der Waals surface area contributed by atoms with Gasteiger partial charge in [0.15, 0.2) is 0 Å². The summed E-state index contributed by atoms with van der Waals surface area (Å²) in [6.07, 6.45) is -0.639. The number of aliphatic carboxylic acids is 1. The number of carboxylic acids is 1. The lowest BCUT2D eigenvalue weighted by molar-refractivity contribution is -0.161. The van der Waals surface area contributed by atoms with Gasteiger partial charge < -0.3 is 25.4 Å². The summed E-state index contributed by atoms with van der Waals surface area (Å²) in [6, 6.07) is -0.396. The molecule has 0 radical (unpaired) electrons. The first-order valence-electron chi connectivity index (χ1n) is 7.27. The van der Waals surface area contributed by atoms with Crippen molar-refractivity contribution in [3.05, 3.63) is 11.3 Å². The first kappa shape index (κ1) is 17.8. The molecule has 2 amide bonds. The summed E-state index contributed by atoms with van der Waals surface area (Å²) in [4.78, 5) is 35.6. The summed E-state index contributed by atoms with van der Waals surface area (Å²) < 4.78 is 12.3. The largest absolute Gasteiger partial charge is 0.616 e. The highest BCUT2D eigenvalue weighted by Gasteiger charge is 2.57. The fourth-order valence-electron chi connectivity index (χ4n) is 3.18. The third-order valence-electron chi connectivity index (χ3n) is 4.28. The monoisotopic (exact) mass is 344 g/mol. The molecule has 8 nitrogen and oxygen atoms in total. The predicted molar refractivity (Wildman–Crippen MR) is 81.4 cm³/mol. The van der Waals surface area contributed by atoms with Gasteiger partial charge >= 0.3 is 5.97 Å². The van der Waals surface area contributed by atoms with Gasteiger partial charge in [0.25, 0.3) is 0 Å². The number of carboxylic acid groups (broad SMARTS) is 1. The van der Waals surface area contributed by atoms with Crippen LogP contribution in [0.25, 0.3) is 0 Å². The second-order valence-electron chi connectivity index (χ2n) is 6.01. The van der Waals surface area contributed by atoms with Crippen LogP contribution in [0, 0.1) is 5.92 Å². The van der Waals surface area contributed by atoms with Gasteiger partial charge in [0, 0.05) is 5.57 Å². The Morgan fingerprint density at radius 2 is 2.09 bits per heavy atom. The maximum Gasteiger partial charge on any atom is 0.352 e. The Balaban J connectivity index is 2.16. The Morgan fingerprint density at radius 1 is 1.48 bits per heavy atom. The number of nitrogens with zero attached hydrogens (tertiary/aromatic N) is 1. The normalized spacial score (nSPS) is 27.3. The van der Waals surface area contributed by atoms with Crippen molar-refractivity contribution in [3.63, 3.8) is 0 Å². The zero-order valence-corrected chi connectivity index (χ0v) is 13.7. The second-order valence-corrected chi connectivity index (χ2v) is 7.86. The molecule has 5 unspecified atom stereocenters. The lowest BCUT2D eigenvalue weighted by atomic mass is 9.83. The minimum absolute atomic E-state index is 0.0249. The van der Waals surface area contributed by atoms with Gasteiger partial charge in [-0.3, -0.25) is 9.59 Å². The number of primary amides is 1. The van der Waals surface area contributed by atoms with Gasteiger partial charge in [-0.2, -0.15) is 0 Å². The van der Waals surface area contributed by atoms with Crippen LogP contribution in [0.4, 0.5) is 0 Å². The van der Waals surface area contributed by atoms with E-state index in [1.807, 2.05) is 0 Å². The standard InChI is InChI=1S/C14H20N2O6S/c1-6(3-10(15)18)23(22)5-8-4-9-11(7(2)17)13(19)16(9)12(8)14(20)21/h6-7,9,11,17H,3-5H2,1-2H3,(H2,15,18)(H,20,21). The molecule has 1 fully saturated rings. The Bertz CT molecular complexity index is 576. The molecule has 2 aliphatic heterocycles. The molecular formula is C14H20N2O6S. The SMILES string of the molecule is CC(O)C1C(=O)N2C(C(=O)O)=C(C[S+]([O-])C(C)CC(N)=O)CC12. The van der Waals surface area contributed by atoms with Crippen molar-refractivity contribution in [2.45, 2.75) is 44.1 Å². The summed E-state index contributed by atoms with van der Waals surface area (Å²) in [7, 11) is 0. The Kier molecular flexibility index (Phi) is 5.02. The van der Waals surface area contributed by atoms with Crippen LogP contribution < -0.4 is 5.73 Å². The Hall–Kier alpha value is -1.58. The van der Waals surface area contributed by atoms with Crippen LogP contribution in [-0.4, -0.2) is 60.6 Å². The molecule has 2 aliphatic rings. The molecule has 4 N–H and O–H groups in total. The highest BCUT2D eigenvalue weighted by molar-refractivity contribution is 7.92. The van der Waals surface area contributed by atoms with E-state index in [4.69, 9.17) is 5.73 Å². The van der Waals surface area contributed by atoms with Crippen molar-refractivity contribution in [3.8, 4) is 0 Å². The van der Waals surface area contributed by atoms with Crippen molar-refractivity contribution < 1.29 is 29.1 Å². The third kappa shape index (κ3) is 3.22. The average Bonchev–Trinajstić information content (AvgIpc) is 2.71. The zero-order valence-electron chi connectivity index (χ0n) is 12.9. The van der Waals surface area contributed by atoms with E-state index in [-0.39, 0.29) is 24.3 Å². The first-order valence-corrected chi connectivity index (χ1v) is 8.65. The van der Waals surface area contributed by atoms with E-state index in [0.717, 1.165) is 0 Å². The zero-order chi connectivity index (χ0) is 17.5. The van der Waals surface area contributed by atoms with E-state index in [0.29, 0.717) is 5.57 Å². The molecule has 9 heteroatoms. The second kappa shape index (κ2) is 6.50. The molecule has 0 aliphatic carbocycles. The molecule has 0 bridgehead atoms. The molecule has 5 atom stereocenters. The average molecular weight is 344 g/mol. The quantitative estimate of drug-likeness (QED) is 0.397. The number of aliphatic hydroxyl groups excluding tert-OH is 1. The first-order chi connectivity index (χ1) is 10.6. The molecule has 0 saturated carbocycles. The van der Waals surface area contributed by atoms with Gasteiger partial charge in [-0.15, -0.1) is 0 Å². The lowest BCUT2D eigenvalue weighted by Gasteiger charge is -2.44. The van der Waals surface area contributed by atoms with Crippen LogP contribution in [0.1, 0.15) is 26.7 Å². The van der Waals surface area contributed by atoms with Gasteiger partial charge in [-0.05, 0) is 31.4 Å². The van der Waals surface area contributed by atoms with Gasteiger partial charge in [0.05, 0.1) is 24.5 Å². The number of hydrogen-bond donors (Lipinski definition) is 3. The molecule has 2 rings (SSSR count). The number of nitrogens with two attached hydrogens (primary N) is 1. The maximum atomic E-state index is 12.3. The van der Waals surface area contributed by atoms with Crippen molar-refractivity contribution in [1.82, 2.24) is 4.90 Å². The number of carbonyl (C=O) groups is 3. The lowest BCUT2D eigenvalue weighted by Crippen LogP contribution is -2.61. The van der Waals surface area contributed by atoms with Crippen LogP contribution in [0.15, 0.2) is 11.3 Å². The van der Waals surface area contributed by atoms with E-state index in [1.54, 1.807) is 6.92 Å². The van der Waals surface area contributed by atoms with Crippen LogP contribution in [0.5, 0.6) is 0 Å². The number of fused-ring (bicyclic) bond motifs is 1. The van der Waals surface area contributed by atoms with E-state index in [9.17, 15) is 29.1 Å². The van der Waals surface area contributed by atoms with Crippen molar-refractivity contribution in [1.29, 1.82) is 0 Å². The van der Waals surface area contributed by atoms with Gasteiger partial charge in [0.1, 0.15) is 16.7 Å². The van der Waals surface area contributed by atoms with Crippen molar-refractivity contribution in [2.75, 3.05) is 5.75 Å². The molecular weight excluding hydrogens is 324 g/mol. The molecule has 0 aromatic rings. The van der Waals surface area contributed by atoms with Crippen LogP contribution >= 0.6 is 0 Å². The maximum absolute atomic E-state index is 12.3. The summed E-state index contributed by atoms with van der Waals surface area (Å²) in [5.74, 6) is -2.90. The van der Waals surface area contributed by atoms with Crippen molar-refractivity contribution in [2.24, 2.45) is 11.7 Å². The Morgan fingerprint density at radius 3 is 2.57 bits per heavy atom.